The van der Waals surface area contributed by atoms with Crippen LogP contribution in [0.15, 0.2) is 55.1 Å². The van der Waals surface area contributed by atoms with Gasteiger partial charge in [0, 0.05) is 36.6 Å². The van der Waals surface area contributed by atoms with Crippen LogP contribution in [0.1, 0.15) is 22.8 Å². The molecule has 0 bridgehead atoms. The summed E-state index contributed by atoms with van der Waals surface area (Å²) in [6.45, 7) is 4.50. The van der Waals surface area contributed by atoms with E-state index in [0.717, 1.165) is 11.1 Å². The van der Waals surface area contributed by atoms with Gasteiger partial charge in [0.05, 0.1) is 38.1 Å². The first-order valence-electron chi connectivity index (χ1n) is 12.6. The molecule has 1 saturated heterocycles. The summed E-state index contributed by atoms with van der Waals surface area (Å²) in [5.74, 6) is 1.23. The van der Waals surface area contributed by atoms with E-state index in [1.165, 1.54) is 6.33 Å². The minimum Gasteiger partial charge on any atom is -0.495 e. The number of amides is 1. The molecule has 1 fully saturated rings. The molecule has 1 N–H and O–H groups in total. The normalized spacial score (nSPS) is 13.8. The van der Waals surface area contributed by atoms with E-state index in [1.54, 1.807) is 59.4 Å². The number of aromatic nitrogens is 6. The Hall–Kier alpha value is -5.09. The monoisotopic (exact) mass is 541 g/mol. The van der Waals surface area contributed by atoms with E-state index >= 15 is 0 Å². The summed E-state index contributed by atoms with van der Waals surface area (Å²) in [5.41, 5.74) is 3.10. The molecule has 1 amide bonds. The molecule has 2 aromatic carbocycles. The second-order valence-corrected chi connectivity index (χ2v) is 9.02. The molecule has 0 spiro atoms. The van der Waals surface area contributed by atoms with Gasteiger partial charge in [-0.25, -0.2) is 14.6 Å². The fourth-order valence-corrected chi connectivity index (χ4v) is 4.21. The van der Waals surface area contributed by atoms with E-state index in [2.05, 4.69) is 36.9 Å². The lowest BCUT2D eigenvalue weighted by molar-refractivity contribution is 0.0302. The molecule has 1 atom stereocenters. The number of morpholine rings is 1. The van der Waals surface area contributed by atoms with Gasteiger partial charge in [0.2, 0.25) is 5.95 Å². The second-order valence-electron chi connectivity index (χ2n) is 9.02. The van der Waals surface area contributed by atoms with Crippen LogP contribution in [-0.2, 0) is 11.3 Å². The van der Waals surface area contributed by atoms with Crippen LogP contribution in [0.3, 0.4) is 0 Å². The molecule has 0 radical (unpaired) electrons. The van der Waals surface area contributed by atoms with Crippen molar-refractivity contribution in [2.45, 2.75) is 19.6 Å². The maximum atomic E-state index is 12.8. The summed E-state index contributed by atoms with van der Waals surface area (Å²) in [5, 5.41) is 23.8. The zero-order valence-electron chi connectivity index (χ0n) is 22.0. The molecule has 2 aromatic heterocycles. The van der Waals surface area contributed by atoms with E-state index < -0.39 is 0 Å². The third kappa shape index (κ3) is 6.13. The smallest absolute Gasteiger partial charge is 0.254 e. The van der Waals surface area contributed by atoms with E-state index in [1.807, 2.05) is 13.0 Å². The number of carbonyl (C=O) groups excluding carboxylic acids is 1. The minimum atomic E-state index is -0.279. The summed E-state index contributed by atoms with van der Waals surface area (Å²) in [6.07, 6.45) is 4.57. The Bertz CT molecular complexity index is 1500. The largest absolute Gasteiger partial charge is 0.495 e. The van der Waals surface area contributed by atoms with Gasteiger partial charge in [0.15, 0.2) is 0 Å². The van der Waals surface area contributed by atoms with Gasteiger partial charge < -0.3 is 24.4 Å². The van der Waals surface area contributed by atoms with Crippen LogP contribution in [0.5, 0.6) is 11.5 Å². The van der Waals surface area contributed by atoms with Crippen molar-refractivity contribution in [2.75, 3.05) is 38.7 Å². The summed E-state index contributed by atoms with van der Waals surface area (Å²) >= 11 is 0. The van der Waals surface area contributed by atoms with Crippen LogP contribution in [0.25, 0.3) is 11.1 Å². The summed E-state index contributed by atoms with van der Waals surface area (Å²) in [6, 6.07) is 12.7. The summed E-state index contributed by atoms with van der Waals surface area (Å²) in [7, 11) is 1.54. The lowest BCUT2D eigenvalue weighted by Gasteiger charge is -2.27. The van der Waals surface area contributed by atoms with E-state index in [9.17, 15) is 10.1 Å². The van der Waals surface area contributed by atoms with E-state index in [-0.39, 0.29) is 12.0 Å². The van der Waals surface area contributed by atoms with Gasteiger partial charge in [-0.05, 0) is 53.2 Å². The quantitative estimate of drug-likeness (QED) is 0.333. The Morgan fingerprint density at radius 1 is 1.12 bits per heavy atom. The maximum Gasteiger partial charge on any atom is 0.254 e. The first kappa shape index (κ1) is 26.5. The highest BCUT2D eigenvalue weighted by Gasteiger charge is 2.20. The van der Waals surface area contributed by atoms with Crippen LogP contribution in [0, 0.1) is 11.3 Å². The van der Waals surface area contributed by atoms with Gasteiger partial charge in [-0.2, -0.15) is 5.26 Å². The SMILES string of the molecule is COc1cc(C(=O)N2CCOCC2)ccc1Nc1ncc(-c2ccc(C#N)c(O[C@@H](C)Cn3cnnn3)c2)cn1. The van der Waals surface area contributed by atoms with Crippen molar-refractivity contribution >= 4 is 17.5 Å². The number of anilines is 2. The van der Waals surface area contributed by atoms with Crippen molar-refractivity contribution in [3.05, 3.63) is 66.2 Å². The number of ether oxygens (including phenoxy) is 3. The van der Waals surface area contributed by atoms with Gasteiger partial charge >= 0.3 is 0 Å². The Morgan fingerprint density at radius 3 is 2.62 bits per heavy atom. The van der Waals surface area contributed by atoms with Crippen LogP contribution in [0.4, 0.5) is 11.6 Å². The lowest BCUT2D eigenvalue weighted by Crippen LogP contribution is -2.40. The predicted molar refractivity (Wildman–Crippen MR) is 143 cm³/mol. The third-order valence-corrected chi connectivity index (χ3v) is 6.24. The molecule has 3 heterocycles. The van der Waals surface area contributed by atoms with Gasteiger partial charge in [-0.15, -0.1) is 5.10 Å². The van der Waals surface area contributed by atoms with E-state index in [0.29, 0.717) is 67.1 Å². The van der Waals surface area contributed by atoms with Crippen molar-refractivity contribution in [2.24, 2.45) is 0 Å². The number of nitrogens with zero attached hydrogens (tertiary/aromatic N) is 8. The molecule has 0 unspecified atom stereocenters. The number of hydrogen-bond acceptors (Lipinski definition) is 11. The topological polar surface area (TPSA) is 153 Å². The summed E-state index contributed by atoms with van der Waals surface area (Å²) < 4.78 is 18.4. The Kier molecular flexibility index (Phi) is 8.07. The average molecular weight is 542 g/mol. The Morgan fingerprint density at radius 2 is 1.93 bits per heavy atom. The fraction of sp³-hybridized carbons (Fsp3) is 0.296. The molecule has 4 aromatic rings. The molecule has 204 valence electrons. The number of hydrogen-bond donors (Lipinski definition) is 1. The zero-order valence-corrected chi connectivity index (χ0v) is 22.0. The minimum absolute atomic E-state index is 0.0654. The van der Waals surface area contributed by atoms with Gasteiger partial charge in [0.1, 0.15) is 30.0 Å². The number of rotatable bonds is 9. The molecule has 40 heavy (non-hydrogen) atoms. The molecule has 13 nitrogen and oxygen atoms in total. The summed E-state index contributed by atoms with van der Waals surface area (Å²) in [4.78, 5) is 23.5. The van der Waals surface area contributed by atoms with Gasteiger partial charge in [0.25, 0.3) is 5.91 Å². The molecule has 1 aliphatic heterocycles. The number of carbonyl (C=O) groups is 1. The Labute approximate surface area is 230 Å². The lowest BCUT2D eigenvalue weighted by atomic mass is 10.1. The van der Waals surface area contributed by atoms with Crippen LogP contribution in [-0.4, -0.2) is 80.5 Å². The number of benzene rings is 2. The molecular formula is C27H27N9O4. The first-order valence-corrected chi connectivity index (χ1v) is 12.6. The molecule has 1 aliphatic rings. The van der Waals surface area contributed by atoms with Gasteiger partial charge in [-0.3, -0.25) is 4.79 Å². The highest BCUT2D eigenvalue weighted by Crippen LogP contribution is 2.30. The number of methoxy groups -OCH3 is 1. The van der Waals surface area contributed by atoms with Crippen molar-refractivity contribution < 1.29 is 19.0 Å². The highest BCUT2D eigenvalue weighted by molar-refractivity contribution is 5.95. The molecule has 13 heteroatoms. The second kappa shape index (κ2) is 12.2. The van der Waals surface area contributed by atoms with Crippen LogP contribution >= 0.6 is 0 Å². The molecule has 0 aliphatic carbocycles. The first-order chi connectivity index (χ1) is 19.5. The molecule has 5 rings (SSSR count). The van der Waals surface area contributed by atoms with Crippen molar-refractivity contribution in [3.63, 3.8) is 0 Å². The third-order valence-electron chi connectivity index (χ3n) is 6.24. The Balaban J connectivity index is 1.29. The predicted octanol–water partition coefficient (Wildman–Crippen LogP) is 2.69. The fourth-order valence-electron chi connectivity index (χ4n) is 4.21. The van der Waals surface area contributed by atoms with Crippen molar-refractivity contribution in [1.29, 1.82) is 5.26 Å². The highest BCUT2D eigenvalue weighted by atomic mass is 16.5. The number of nitriles is 1. The van der Waals surface area contributed by atoms with Crippen molar-refractivity contribution in [3.8, 4) is 28.7 Å². The zero-order chi connectivity index (χ0) is 27.9. The standard InChI is InChI=1S/C27H27N9O4/c1-18(16-36-17-31-33-34-36)40-24-11-19(3-4-21(24)13-28)22-14-29-27(30-15-22)32-23-6-5-20(12-25(23)38-2)26(37)35-7-9-39-10-8-35/h3-6,11-12,14-15,17-18H,7-10,16H2,1-2H3,(H,29,30,32)/t18-/m0/s1. The average Bonchev–Trinajstić information content (AvgIpc) is 3.50. The maximum absolute atomic E-state index is 12.8. The molecule has 0 saturated carbocycles. The number of tetrazole rings is 1. The van der Waals surface area contributed by atoms with Crippen LogP contribution < -0.4 is 14.8 Å². The van der Waals surface area contributed by atoms with E-state index in [4.69, 9.17) is 14.2 Å². The van der Waals surface area contributed by atoms with Crippen molar-refractivity contribution in [1.82, 2.24) is 35.1 Å². The van der Waals surface area contributed by atoms with Crippen LogP contribution in [0.2, 0.25) is 0 Å². The number of nitrogens with one attached hydrogen (secondary N) is 1. The molecular weight excluding hydrogens is 514 g/mol. The van der Waals surface area contributed by atoms with Gasteiger partial charge in [-0.1, -0.05) is 6.07 Å².